The van der Waals surface area contributed by atoms with E-state index in [-0.39, 0.29) is 31.0 Å². The minimum atomic E-state index is -0.707. The predicted octanol–water partition coefficient (Wildman–Crippen LogP) is 5.59. The van der Waals surface area contributed by atoms with Crippen molar-refractivity contribution in [3.8, 4) is 0 Å². The van der Waals surface area contributed by atoms with Crippen molar-refractivity contribution in [2.75, 3.05) is 19.6 Å². The third-order valence-corrected chi connectivity index (χ3v) is 5.51. The number of carboxylic acids is 1. The number of halogens is 2. The minimum Gasteiger partial charge on any atom is -0.481 e. The number of nitrogens with zero attached hydrogens (tertiary/aromatic N) is 1. The van der Waals surface area contributed by atoms with Crippen LogP contribution in [-0.2, 0) is 9.53 Å². The molecule has 0 radical (unpaired) electrons. The van der Waals surface area contributed by atoms with E-state index in [1.54, 1.807) is 0 Å². The van der Waals surface area contributed by atoms with Crippen LogP contribution < -0.4 is 0 Å². The topological polar surface area (TPSA) is 49.8 Å². The van der Waals surface area contributed by atoms with Gasteiger partial charge in [0.15, 0.2) is 0 Å². The van der Waals surface area contributed by atoms with Crippen molar-refractivity contribution in [1.82, 2.24) is 4.90 Å². The maximum atomic E-state index is 10.6. The highest BCUT2D eigenvalue weighted by Crippen LogP contribution is 2.30. The van der Waals surface area contributed by atoms with Crippen LogP contribution in [0.3, 0.4) is 0 Å². The molecule has 0 bridgehead atoms. The molecule has 1 heterocycles. The van der Waals surface area contributed by atoms with Crippen LogP contribution in [0.1, 0.15) is 49.3 Å². The average molecular weight is 438 g/mol. The van der Waals surface area contributed by atoms with Crippen LogP contribution in [-0.4, -0.2) is 41.7 Å². The maximum Gasteiger partial charge on any atom is 0.303 e. The predicted molar refractivity (Wildman–Crippen MR) is 119 cm³/mol. The number of carboxylic acid groups (broad SMARTS) is 1. The molecule has 0 amide bonds. The van der Waals surface area contributed by atoms with Gasteiger partial charge in [0.1, 0.15) is 6.10 Å². The van der Waals surface area contributed by atoms with E-state index in [1.807, 2.05) is 42.5 Å². The Morgan fingerprint density at radius 2 is 1.66 bits per heavy atom. The Labute approximate surface area is 184 Å². The van der Waals surface area contributed by atoms with Gasteiger partial charge >= 0.3 is 5.97 Å². The lowest BCUT2D eigenvalue weighted by Crippen LogP contribution is -2.38. The van der Waals surface area contributed by atoms with Gasteiger partial charge in [-0.05, 0) is 55.5 Å². The zero-order valence-electron chi connectivity index (χ0n) is 16.5. The summed E-state index contributed by atoms with van der Waals surface area (Å²) in [6.45, 7) is 2.97. The van der Waals surface area contributed by atoms with E-state index in [1.165, 1.54) is 0 Å². The smallest absolute Gasteiger partial charge is 0.303 e. The van der Waals surface area contributed by atoms with Gasteiger partial charge in [-0.15, -0.1) is 12.4 Å². The van der Waals surface area contributed by atoms with Crippen molar-refractivity contribution in [3.63, 3.8) is 0 Å². The molecule has 6 heteroatoms. The number of hydrogen-bond donors (Lipinski definition) is 1. The van der Waals surface area contributed by atoms with Gasteiger partial charge in [0, 0.05) is 24.5 Å². The summed E-state index contributed by atoms with van der Waals surface area (Å²) in [5, 5.41) is 9.46. The number of unbranched alkanes of at least 4 members (excludes halogenated alkanes) is 1. The molecule has 3 rings (SSSR count). The first-order valence-electron chi connectivity index (χ1n) is 10.0. The van der Waals surface area contributed by atoms with Crippen molar-refractivity contribution in [1.29, 1.82) is 0 Å². The molecule has 1 aliphatic heterocycles. The van der Waals surface area contributed by atoms with Crippen LogP contribution >= 0.6 is 24.0 Å². The molecule has 1 atom stereocenters. The Hall–Kier alpha value is -1.59. The largest absolute Gasteiger partial charge is 0.481 e. The van der Waals surface area contributed by atoms with Crippen LogP contribution in [0.25, 0.3) is 0 Å². The molecule has 1 aliphatic rings. The van der Waals surface area contributed by atoms with Gasteiger partial charge in [-0.1, -0.05) is 54.1 Å². The second kappa shape index (κ2) is 12.2. The normalized spacial score (nSPS) is 16.2. The number of hydrogen-bond acceptors (Lipinski definition) is 3. The molecule has 4 nitrogen and oxygen atoms in total. The van der Waals surface area contributed by atoms with Crippen molar-refractivity contribution < 1.29 is 14.6 Å². The van der Waals surface area contributed by atoms with E-state index < -0.39 is 5.97 Å². The summed E-state index contributed by atoms with van der Waals surface area (Å²) in [7, 11) is 0. The number of benzene rings is 2. The fraction of sp³-hybridized carbons (Fsp3) is 0.435. The van der Waals surface area contributed by atoms with Gasteiger partial charge in [-0.3, -0.25) is 4.79 Å². The highest BCUT2D eigenvalue weighted by atomic mass is 35.5. The molecular formula is C23H29Cl2NO3. The highest BCUT2D eigenvalue weighted by molar-refractivity contribution is 6.30. The maximum absolute atomic E-state index is 10.6. The summed E-state index contributed by atoms with van der Waals surface area (Å²) in [5.74, 6) is -0.707. The van der Waals surface area contributed by atoms with Crippen molar-refractivity contribution >= 4 is 30.0 Å². The van der Waals surface area contributed by atoms with E-state index in [0.717, 1.165) is 61.5 Å². The Morgan fingerprint density at radius 3 is 2.28 bits per heavy atom. The lowest BCUT2D eigenvalue weighted by Gasteiger charge is -2.34. The van der Waals surface area contributed by atoms with Crippen LogP contribution in [0.2, 0.25) is 5.02 Å². The first-order valence-corrected chi connectivity index (χ1v) is 10.4. The third-order valence-electron chi connectivity index (χ3n) is 5.25. The first-order chi connectivity index (χ1) is 13.6. The minimum absolute atomic E-state index is 0. The quantitative estimate of drug-likeness (QED) is 0.519. The molecule has 0 spiro atoms. The second-order valence-corrected chi connectivity index (χ2v) is 7.81. The molecule has 2 aromatic rings. The molecule has 1 fully saturated rings. The van der Waals surface area contributed by atoms with Crippen LogP contribution in [0.5, 0.6) is 0 Å². The van der Waals surface area contributed by atoms with E-state index in [4.69, 9.17) is 21.4 Å². The van der Waals surface area contributed by atoms with Crippen molar-refractivity contribution in [3.05, 3.63) is 70.7 Å². The van der Waals surface area contributed by atoms with Gasteiger partial charge in [-0.2, -0.15) is 0 Å². The van der Waals surface area contributed by atoms with Gasteiger partial charge in [0.2, 0.25) is 0 Å². The molecule has 0 aromatic heterocycles. The first kappa shape index (κ1) is 23.7. The van der Waals surface area contributed by atoms with Crippen LogP contribution in [0.4, 0.5) is 0 Å². The fourth-order valence-corrected chi connectivity index (χ4v) is 3.81. The Balaban J connectivity index is 0.00000300. The number of aliphatic carboxylic acids is 1. The number of piperidine rings is 1. The molecule has 1 N–H and O–H groups in total. The fourth-order valence-electron chi connectivity index (χ4n) is 3.69. The molecule has 2 aromatic carbocycles. The number of likely N-dealkylation sites (tertiary alicyclic amines) is 1. The van der Waals surface area contributed by atoms with E-state index >= 15 is 0 Å². The van der Waals surface area contributed by atoms with Crippen molar-refractivity contribution in [2.24, 2.45) is 0 Å². The third kappa shape index (κ3) is 7.63. The summed E-state index contributed by atoms with van der Waals surface area (Å²) in [4.78, 5) is 13.0. The lowest BCUT2D eigenvalue weighted by molar-refractivity contribution is -0.137. The van der Waals surface area contributed by atoms with E-state index in [9.17, 15) is 4.79 Å². The molecule has 0 aliphatic carbocycles. The monoisotopic (exact) mass is 437 g/mol. The van der Waals surface area contributed by atoms with Gasteiger partial charge in [0.25, 0.3) is 0 Å². The summed E-state index contributed by atoms with van der Waals surface area (Å²) < 4.78 is 6.56. The van der Waals surface area contributed by atoms with E-state index in [2.05, 4.69) is 17.0 Å². The molecule has 1 unspecified atom stereocenters. The summed E-state index contributed by atoms with van der Waals surface area (Å²) in [5.41, 5.74) is 2.27. The zero-order valence-corrected chi connectivity index (χ0v) is 18.1. The highest BCUT2D eigenvalue weighted by Gasteiger charge is 2.24. The SMILES string of the molecule is Cl.O=C(O)CCCCN1CCC(OC(c2ccccc2)c2ccc(Cl)cc2)CC1. The van der Waals surface area contributed by atoms with Crippen molar-refractivity contribution in [2.45, 2.75) is 44.3 Å². The summed E-state index contributed by atoms with van der Waals surface area (Å²) in [6, 6.07) is 18.2. The van der Waals surface area contributed by atoms with Crippen LogP contribution in [0.15, 0.2) is 54.6 Å². The number of rotatable bonds is 9. The molecule has 1 saturated heterocycles. The Morgan fingerprint density at radius 1 is 1.03 bits per heavy atom. The summed E-state index contributed by atoms with van der Waals surface area (Å²) >= 11 is 6.06. The zero-order chi connectivity index (χ0) is 19.8. The Kier molecular flexibility index (Phi) is 9.95. The van der Waals surface area contributed by atoms with E-state index in [0.29, 0.717) is 0 Å². The molecular weight excluding hydrogens is 409 g/mol. The molecule has 0 saturated carbocycles. The molecule has 29 heavy (non-hydrogen) atoms. The molecule has 158 valence electrons. The standard InChI is InChI=1S/C23H28ClNO3.ClH/c24-20-11-9-19(10-12-20)23(18-6-2-1-3-7-18)28-21-13-16-25(17-14-21)15-5-4-8-22(26)27;/h1-3,6-7,9-12,21,23H,4-5,8,13-17H2,(H,26,27);1H. The second-order valence-electron chi connectivity index (χ2n) is 7.37. The lowest BCUT2D eigenvalue weighted by atomic mass is 10.00. The van der Waals surface area contributed by atoms with Gasteiger partial charge in [0.05, 0.1) is 6.10 Å². The van der Waals surface area contributed by atoms with Gasteiger partial charge < -0.3 is 14.7 Å². The number of ether oxygens (including phenoxy) is 1. The Bertz CT molecular complexity index is 732. The van der Waals surface area contributed by atoms with Crippen LogP contribution in [0, 0.1) is 0 Å². The average Bonchev–Trinajstić information content (AvgIpc) is 2.72. The van der Waals surface area contributed by atoms with Gasteiger partial charge in [-0.25, -0.2) is 0 Å². The summed E-state index contributed by atoms with van der Waals surface area (Å²) in [6.07, 6.45) is 4.07. The number of carbonyl (C=O) groups is 1.